The number of ether oxygens (including phenoxy) is 3. The Labute approximate surface area is 286 Å². The summed E-state index contributed by atoms with van der Waals surface area (Å²) in [7, 11) is 0. The van der Waals surface area contributed by atoms with Gasteiger partial charge in [-0.05, 0) is 96.5 Å². The molecule has 44 heavy (non-hydrogen) atoms. The van der Waals surface area contributed by atoms with Crippen molar-refractivity contribution in [1.29, 1.82) is 0 Å². The van der Waals surface area contributed by atoms with E-state index in [4.69, 9.17) is 49.0 Å². The smallest absolute Gasteiger partial charge is 0.338 e. The van der Waals surface area contributed by atoms with Gasteiger partial charge in [0.1, 0.15) is 12.6 Å². The molecule has 4 aromatic rings. The molecule has 228 valence electrons. The Morgan fingerprint density at radius 1 is 1.02 bits per heavy atom. The van der Waals surface area contributed by atoms with Gasteiger partial charge in [-0.3, -0.25) is 9.36 Å². The zero-order valence-electron chi connectivity index (χ0n) is 23.8. The van der Waals surface area contributed by atoms with Crippen molar-refractivity contribution < 1.29 is 19.0 Å². The molecule has 0 unspecified atom stereocenters. The summed E-state index contributed by atoms with van der Waals surface area (Å²) in [5, 5.41) is 1.35. The van der Waals surface area contributed by atoms with Crippen LogP contribution in [0.15, 0.2) is 75.7 Å². The predicted octanol–water partition coefficient (Wildman–Crippen LogP) is 7.34. The number of hydrogen-bond donors (Lipinski definition) is 0. The first-order valence-corrected chi connectivity index (χ1v) is 16.6. The van der Waals surface area contributed by atoms with Crippen LogP contribution in [0.25, 0.3) is 6.08 Å². The Morgan fingerprint density at radius 3 is 2.50 bits per heavy atom. The van der Waals surface area contributed by atoms with Crippen LogP contribution in [0.3, 0.4) is 0 Å². The average molecular weight is 784 g/mol. The van der Waals surface area contributed by atoms with E-state index < -0.39 is 12.0 Å². The van der Waals surface area contributed by atoms with Crippen molar-refractivity contribution in [3.05, 3.63) is 121 Å². The number of rotatable bonds is 9. The van der Waals surface area contributed by atoms with Crippen LogP contribution >= 0.6 is 68.7 Å². The maximum absolute atomic E-state index is 14.0. The summed E-state index contributed by atoms with van der Waals surface area (Å²) >= 11 is 22.2. The molecule has 0 spiro atoms. The van der Waals surface area contributed by atoms with E-state index in [0.29, 0.717) is 53.8 Å². The molecule has 0 radical (unpaired) electrons. The second-order valence-corrected chi connectivity index (χ2v) is 13.0. The van der Waals surface area contributed by atoms with Gasteiger partial charge in [-0.2, -0.15) is 0 Å². The number of carbonyl (C=O) groups excluding carboxylic acids is 1. The highest BCUT2D eigenvalue weighted by Crippen LogP contribution is 2.36. The van der Waals surface area contributed by atoms with Crippen LogP contribution in [0.5, 0.6) is 11.5 Å². The highest BCUT2D eigenvalue weighted by Gasteiger charge is 2.34. The van der Waals surface area contributed by atoms with Crippen molar-refractivity contribution in [3.8, 4) is 11.5 Å². The quantitative estimate of drug-likeness (QED) is 0.131. The number of benzene rings is 3. The number of esters is 1. The number of aromatic nitrogens is 1. The number of fused-ring (bicyclic) bond motifs is 1. The van der Waals surface area contributed by atoms with E-state index in [0.717, 1.165) is 14.7 Å². The van der Waals surface area contributed by atoms with E-state index in [2.05, 4.69) is 27.6 Å². The SMILES string of the molecule is CCOC(=O)C1=C(C)N=c2s/c(=C/c3cc(I)c(OCc4ccc(Cl)c(Cl)c4)c(OCC)c3)c(=O)n2[C@@H]1c1ccccc1Cl. The number of carbonyl (C=O) groups is 1. The Kier molecular flexibility index (Phi) is 10.4. The number of hydrogen-bond acceptors (Lipinski definition) is 7. The summed E-state index contributed by atoms with van der Waals surface area (Å²) in [5.41, 5.74) is 2.64. The van der Waals surface area contributed by atoms with Gasteiger partial charge < -0.3 is 14.2 Å². The molecule has 0 amide bonds. The molecule has 0 saturated heterocycles. The summed E-state index contributed by atoms with van der Waals surface area (Å²) in [6.45, 7) is 6.21. The number of halogens is 4. The zero-order chi connectivity index (χ0) is 31.5. The lowest BCUT2D eigenvalue weighted by molar-refractivity contribution is -0.139. The predicted molar refractivity (Wildman–Crippen MR) is 183 cm³/mol. The molecule has 0 aliphatic carbocycles. The second kappa shape index (κ2) is 14.1. The Bertz CT molecular complexity index is 1970. The third-order valence-electron chi connectivity index (χ3n) is 6.71. The first kappa shape index (κ1) is 32.6. The van der Waals surface area contributed by atoms with Crippen LogP contribution < -0.4 is 24.4 Å². The maximum atomic E-state index is 14.0. The minimum atomic E-state index is -0.794. The van der Waals surface area contributed by atoms with E-state index in [1.807, 2.05) is 31.2 Å². The highest BCUT2D eigenvalue weighted by molar-refractivity contribution is 14.1. The monoisotopic (exact) mass is 782 g/mol. The molecule has 0 saturated carbocycles. The molecule has 3 aromatic carbocycles. The lowest BCUT2D eigenvalue weighted by Crippen LogP contribution is -2.40. The molecule has 0 bridgehead atoms. The number of nitrogens with zero attached hydrogens (tertiary/aromatic N) is 2. The van der Waals surface area contributed by atoms with Gasteiger partial charge >= 0.3 is 5.97 Å². The first-order valence-electron chi connectivity index (χ1n) is 13.6. The van der Waals surface area contributed by atoms with Gasteiger partial charge in [0.2, 0.25) is 0 Å². The number of allylic oxidation sites excluding steroid dienone is 1. The Morgan fingerprint density at radius 2 is 1.80 bits per heavy atom. The van der Waals surface area contributed by atoms with E-state index >= 15 is 0 Å². The highest BCUT2D eigenvalue weighted by atomic mass is 127. The molecule has 1 aliphatic rings. The summed E-state index contributed by atoms with van der Waals surface area (Å²) in [6, 6.07) is 15.4. The fraction of sp³-hybridized carbons (Fsp3) is 0.219. The molecule has 2 heterocycles. The normalized spacial score (nSPS) is 14.7. The topological polar surface area (TPSA) is 79.1 Å². The second-order valence-electron chi connectivity index (χ2n) is 9.62. The Hall–Kier alpha value is -2.83. The van der Waals surface area contributed by atoms with Gasteiger partial charge in [0.25, 0.3) is 5.56 Å². The van der Waals surface area contributed by atoms with E-state index in [9.17, 15) is 9.59 Å². The standard InChI is InChI=1S/C32H26Cl3IN2O5S/c1-4-41-25-14-19(13-24(36)29(25)43-16-18-10-11-22(34)23(35)12-18)15-26-30(39)38-28(20-8-6-7-9-21(20)33)27(31(40)42-5-2)17(3)37-32(38)44-26/h6-15,28H,4-5,16H2,1-3H3/b26-15+/t28-/m1/s1. The van der Waals surface area contributed by atoms with Gasteiger partial charge in [-0.15, -0.1) is 0 Å². The summed E-state index contributed by atoms with van der Waals surface area (Å²) in [5.74, 6) is 0.568. The van der Waals surface area contributed by atoms with Crippen molar-refractivity contribution in [2.75, 3.05) is 13.2 Å². The van der Waals surface area contributed by atoms with Crippen LogP contribution in [0.2, 0.25) is 15.1 Å². The minimum Gasteiger partial charge on any atom is -0.490 e. The molecule has 1 atom stereocenters. The van der Waals surface area contributed by atoms with E-state index in [1.54, 1.807) is 50.3 Å². The summed E-state index contributed by atoms with van der Waals surface area (Å²) in [6.07, 6.45) is 1.78. The molecule has 5 rings (SSSR count). The molecule has 0 fully saturated rings. The molecule has 1 aliphatic heterocycles. The van der Waals surface area contributed by atoms with Crippen molar-refractivity contribution >= 4 is 80.8 Å². The minimum absolute atomic E-state index is 0.184. The van der Waals surface area contributed by atoms with Crippen LogP contribution in [-0.2, 0) is 16.1 Å². The Balaban J connectivity index is 1.58. The molecule has 1 aromatic heterocycles. The third-order valence-corrected chi connectivity index (χ3v) is 9.58. The van der Waals surface area contributed by atoms with Crippen LogP contribution in [0.4, 0.5) is 0 Å². The van der Waals surface area contributed by atoms with E-state index in [-0.39, 0.29) is 24.3 Å². The average Bonchev–Trinajstić information content (AvgIpc) is 3.28. The lowest BCUT2D eigenvalue weighted by Gasteiger charge is -2.25. The fourth-order valence-electron chi connectivity index (χ4n) is 4.79. The van der Waals surface area contributed by atoms with Crippen molar-refractivity contribution in [3.63, 3.8) is 0 Å². The van der Waals surface area contributed by atoms with Gasteiger partial charge in [-0.25, -0.2) is 9.79 Å². The maximum Gasteiger partial charge on any atom is 0.338 e. The largest absolute Gasteiger partial charge is 0.490 e. The first-order chi connectivity index (χ1) is 21.1. The molecular formula is C32H26Cl3IN2O5S. The third kappa shape index (κ3) is 6.72. The lowest BCUT2D eigenvalue weighted by atomic mass is 9.96. The van der Waals surface area contributed by atoms with Crippen molar-refractivity contribution in [2.24, 2.45) is 4.99 Å². The van der Waals surface area contributed by atoms with Crippen molar-refractivity contribution in [2.45, 2.75) is 33.4 Å². The molecule has 12 heteroatoms. The van der Waals surface area contributed by atoms with Gasteiger partial charge in [-0.1, -0.05) is 70.4 Å². The van der Waals surface area contributed by atoms with Crippen molar-refractivity contribution in [1.82, 2.24) is 4.57 Å². The molecule has 7 nitrogen and oxygen atoms in total. The van der Waals surface area contributed by atoms with Gasteiger partial charge in [0.05, 0.1) is 42.6 Å². The van der Waals surface area contributed by atoms with Crippen LogP contribution in [0, 0.1) is 3.57 Å². The molecular weight excluding hydrogens is 758 g/mol. The van der Waals surface area contributed by atoms with E-state index in [1.165, 1.54) is 15.9 Å². The zero-order valence-corrected chi connectivity index (χ0v) is 29.1. The van der Waals surface area contributed by atoms with Gasteiger partial charge in [0.15, 0.2) is 16.3 Å². The van der Waals surface area contributed by atoms with Crippen LogP contribution in [0.1, 0.15) is 43.5 Å². The summed E-state index contributed by atoms with van der Waals surface area (Å²) in [4.78, 5) is 32.2. The number of thiazole rings is 1. The summed E-state index contributed by atoms with van der Waals surface area (Å²) < 4.78 is 20.2. The molecule has 0 N–H and O–H groups in total. The van der Waals surface area contributed by atoms with Crippen LogP contribution in [-0.4, -0.2) is 23.8 Å². The van der Waals surface area contributed by atoms with Gasteiger partial charge in [0, 0.05) is 5.02 Å². The fourth-order valence-corrected chi connectivity index (χ4v) is 7.18.